The van der Waals surface area contributed by atoms with Crippen molar-refractivity contribution in [2.24, 2.45) is 0 Å². The monoisotopic (exact) mass is 374 g/mol. The van der Waals surface area contributed by atoms with Crippen LogP contribution in [0.3, 0.4) is 0 Å². The van der Waals surface area contributed by atoms with Gasteiger partial charge in [-0.15, -0.1) is 0 Å². The van der Waals surface area contributed by atoms with Gasteiger partial charge in [0.1, 0.15) is 5.82 Å². The molecule has 1 amide bonds. The van der Waals surface area contributed by atoms with Crippen LogP contribution >= 0.6 is 0 Å². The van der Waals surface area contributed by atoms with Crippen LogP contribution in [0.25, 0.3) is 5.69 Å². The fourth-order valence-corrected chi connectivity index (χ4v) is 3.33. The highest BCUT2D eigenvalue weighted by atomic mass is 19.1. The molecule has 1 unspecified atom stereocenters. The Labute approximate surface area is 159 Å². The van der Waals surface area contributed by atoms with Gasteiger partial charge in [0.05, 0.1) is 17.1 Å². The van der Waals surface area contributed by atoms with Gasteiger partial charge in [-0.3, -0.25) is 4.79 Å². The van der Waals surface area contributed by atoms with Crippen molar-refractivity contribution in [2.45, 2.75) is 26.0 Å². The molecule has 2 aromatic rings. The number of hydrogen-bond donors (Lipinski definition) is 2. The molecule has 146 valence electrons. The molecule has 0 fully saturated rings. The van der Waals surface area contributed by atoms with Crippen molar-refractivity contribution >= 4 is 11.6 Å². The Bertz CT molecular complexity index is 792. The van der Waals surface area contributed by atoms with Crippen molar-refractivity contribution in [3.63, 3.8) is 0 Å². The molecule has 0 radical (unpaired) electrons. The van der Waals surface area contributed by atoms with Gasteiger partial charge in [0, 0.05) is 32.3 Å². The van der Waals surface area contributed by atoms with Gasteiger partial charge in [0.15, 0.2) is 6.23 Å². The van der Waals surface area contributed by atoms with Gasteiger partial charge in [-0.05, 0) is 50.3 Å². The van der Waals surface area contributed by atoms with Crippen molar-refractivity contribution < 1.29 is 14.3 Å². The molecule has 2 heterocycles. The summed E-state index contributed by atoms with van der Waals surface area (Å²) in [5.41, 5.74) is 2.20. The van der Waals surface area contributed by atoms with Crippen LogP contribution in [0.4, 0.5) is 10.1 Å². The lowest BCUT2D eigenvalue weighted by atomic mass is 10.1. The first-order valence-corrected chi connectivity index (χ1v) is 9.38. The summed E-state index contributed by atoms with van der Waals surface area (Å²) < 4.78 is 15.7. The summed E-state index contributed by atoms with van der Waals surface area (Å²) in [6, 6.07) is 8.27. The zero-order chi connectivity index (χ0) is 19.4. The largest absolute Gasteiger partial charge is 0.368 e. The van der Waals surface area contributed by atoms with Gasteiger partial charge in [0.25, 0.3) is 0 Å². The van der Waals surface area contributed by atoms with E-state index in [0.29, 0.717) is 31.6 Å². The molecular weight excluding hydrogens is 347 g/mol. The molecule has 1 aliphatic rings. The molecule has 1 aromatic heterocycles. The van der Waals surface area contributed by atoms with Gasteiger partial charge < -0.3 is 24.8 Å². The Morgan fingerprint density at radius 3 is 2.93 bits per heavy atom. The van der Waals surface area contributed by atoms with Gasteiger partial charge >= 0.3 is 0 Å². The second kappa shape index (κ2) is 8.54. The summed E-state index contributed by atoms with van der Waals surface area (Å²) in [6.07, 6.45) is 1.93. The Hall–Kier alpha value is -2.38. The molecule has 0 saturated carbocycles. The number of nitrogens with one attached hydrogen (secondary N) is 1. The summed E-state index contributed by atoms with van der Waals surface area (Å²) in [6.45, 7) is 4.92. The Morgan fingerprint density at radius 1 is 1.33 bits per heavy atom. The molecule has 1 aromatic carbocycles. The number of carbonyl (C=O) groups is 1. The predicted molar refractivity (Wildman–Crippen MR) is 103 cm³/mol. The maximum atomic E-state index is 13.8. The summed E-state index contributed by atoms with van der Waals surface area (Å²) in [7, 11) is 2.01. The molecule has 2 N–H and O–H groups in total. The Balaban J connectivity index is 1.61. The fraction of sp³-hybridized carbons (Fsp3) is 0.450. The average molecular weight is 374 g/mol. The number of hydrogen-bond acceptors (Lipinski definition) is 4. The van der Waals surface area contributed by atoms with Gasteiger partial charge in [-0.1, -0.05) is 6.92 Å². The van der Waals surface area contributed by atoms with Crippen LogP contribution in [0.2, 0.25) is 0 Å². The van der Waals surface area contributed by atoms with Gasteiger partial charge in [-0.25, -0.2) is 4.39 Å². The molecule has 27 heavy (non-hydrogen) atoms. The molecule has 0 saturated heterocycles. The van der Waals surface area contributed by atoms with Crippen molar-refractivity contribution in [1.82, 2.24) is 14.8 Å². The number of anilines is 1. The van der Waals surface area contributed by atoms with Crippen molar-refractivity contribution in [3.8, 4) is 5.69 Å². The predicted octanol–water partition coefficient (Wildman–Crippen LogP) is 2.28. The van der Waals surface area contributed by atoms with Crippen LogP contribution in [-0.2, 0) is 4.79 Å². The molecule has 7 heteroatoms. The van der Waals surface area contributed by atoms with Gasteiger partial charge in [-0.2, -0.15) is 0 Å². The number of aliphatic hydroxyl groups excluding tert-OH is 1. The number of nitrogens with zero attached hydrogens (tertiary/aromatic N) is 3. The highest BCUT2D eigenvalue weighted by Crippen LogP contribution is 2.38. The Kier molecular flexibility index (Phi) is 6.13. The van der Waals surface area contributed by atoms with Crippen LogP contribution in [0, 0.1) is 5.82 Å². The van der Waals surface area contributed by atoms with E-state index in [1.165, 1.54) is 12.1 Å². The fourth-order valence-electron chi connectivity index (χ4n) is 3.33. The third-order valence-electron chi connectivity index (χ3n) is 5.00. The minimum Gasteiger partial charge on any atom is -0.368 e. The number of aromatic nitrogens is 1. The van der Waals surface area contributed by atoms with E-state index >= 15 is 0 Å². The number of rotatable bonds is 8. The summed E-state index contributed by atoms with van der Waals surface area (Å²) in [5, 5.41) is 13.6. The number of benzene rings is 1. The number of halogens is 1. The third kappa shape index (κ3) is 4.31. The topological polar surface area (TPSA) is 60.7 Å². The lowest BCUT2D eigenvalue weighted by molar-refractivity contribution is -0.121. The lowest BCUT2D eigenvalue weighted by Gasteiger charge is -2.36. The van der Waals surface area contributed by atoms with E-state index in [9.17, 15) is 14.3 Å². The minimum atomic E-state index is -0.865. The van der Waals surface area contributed by atoms with Crippen LogP contribution in [0.5, 0.6) is 0 Å². The van der Waals surface area contributed by atoms with Gasteiger partial charge in [0.2, 0.25) is 5.91 Å². The second-order valence-electron chi connectivity index (χ2n) is 6.85. The molecular formula is C20H27FN4O2. The smallest absolute Gasteiger partial charge is 0.220 e. The highest BCUT2D eigenvalue weighted by molar-refractivity contribution is 5.76. The quantitative estimate of drug-likeness (QED) is 0.744. The molecule has 3 rings (SSSR count). The summed E-state index contributed by atoms with van der Waals surface area (Å²) >= 11 is 0. The number of aliphatic hydroxyl groups is 1. The van der Waals surface area contributed by atoms with Crippen molar-refractivity contribution in [1.29, 1.82) is 0 Å². The number of fused-ring (bicyclic) bond motifs is 3. The molecule has 1 aliphatic heterocycles. The zero-order valence-electron chi connectivity index (χ0n) is 15.9. The number of amides is 1. The molecule has 6 nitrogen and oxygen atoms in total. The SMILES string of the molecule is CCN(C)CCNC(=O)CCCN1c2cc(F)ccc2-n2cccc2C1O. The van der Waals surface area contributed by atoms with E-state index in [1.54, 1.807) is 11.0 Å². The van der Waals surface area contributed by atoms with E-state index in [-0.39, 0.29) is 11.7 Å². The lowest BCUT2D eigenvalue weighted by Crippen LogP contribution is -2.36. The van der Waals surface area contributed by atoms with Crippen LogP contribution in [-0.4, -0.2) is 53.7 Å². The molecule has 0 aliphatic carbocycles. The molecule has 0 bridgehead atoms. The summed E-state index contributed by atoms with van der Waals surface area (Å²) in [4.78, 5) is 15.9. The van der Waals surface area contributed by atoms with E-state index in [0.717, 1.165) is 24.5 Å². The van der Waals surface area contributed by atoms with Crippen molar-refractivity contribution in [2.75, 3.05) is 38.1 Å². The first kappa shape index (κ1) is 19.4. The summed E-state index contributed by atoms with van der Waals surface area (Å²) in [5.74, 6) is -0.354. The maximum Gasteiger partial charge on any atom is 0.220 e. The highest BCUT2D eigenvalue weighted by Gasteiger charge is 2.29. The van der Waals surface area contributed by atoms with Crippen molar-refractivity contribution in [3.05, 3.63) is 48.0 Å². The van der Waals surface area contributed by atoms with E-state index in [2.05, 4.69) is 17.1 Å². The second-order valence-corrected chi connectivity index (χ2v) is 6.85. The van der Waals surface area contributed by atoms with E-state index in [1.807, 2.05) is 29.9 Å². The number of carbonyl (C=O) groups excluding carboxylic acids is 1. The normalized spacial score (nSPS) is 15.6. The van der Waals surface area contributed by atoms with E-state index in [4.69, 9.17) is 0 Å². The first-order chi connectivity index (χ1) is 13.0. The first-order valence-electron chi connectivity index (χ1n) is 9.38. The van der Waals surface area contributed by atoms with Crippen LogP contribution in [0.15, 0.2) is 36.5 Å². The standard InChI is InChI=1S/C20H27FN4O2/c1-3-23(2)13-10-22-19(26)7-5-12-25-18-14-15(21)8-9-16(18)24-11-4-6-17(24)20(25)27/h4,6,8-9,11,14,20,27H,3,5,7,10,12-13H2,1-2H3,(H,22,26). The third-order valence-corrected chi connectivity index (χ3v) is 5.00. The average Bonchev–Trinajstić information content (AvgIpc) is 3.14. The van der Waals surface area contributed by atoms with E-state index < -0.39 is 6.23 Å². The molecule has 1 atom stereocenters. The van der Waals surface area contributed by atoms with Crippen LogP contribution in [0.1, 0.15) is 31.7 Å². The zero-order valence-corrected chi connectivity index (χ0v) is 15.9. The number of likely N-dealkylation sites (N-methyl/N-ethyl adjacent to an activating group) is 1. The molecule has 0 spiro atoms. The van der Waals surface area contributed by atoms with Crippen LogP contribution < -0.4 is 10.2 Å². The Morgan fingerprint density at radius 2 is 2.15 bits per heavy atom. The maximum absolute atomic E-state index is 13.8. The minimum absolute atomic E-state index is 0.00570.